The number of carbonyl (C=O) groups excluding carboxylic acids is 1. The lowest BCUT2D eigenvalue weighted by atomic mass is 10.1. The molecule has 0 bridgehead atoms. The summed E-state index contributed by atoms with van der Waals surface area (Å²) in [6.07, 6.45) is 3.06. The molecule has 0 fully saturated rings. The lowest BCUT2D eigenvalue weighted by Crippen LogP contribution is -2.31. The van der Waals surface area contributed by atoms with Gasteiger partial charge in [-0.05, 0) is 54.7 Å². The van der Waals surface area contributed by atoms with Gasteiger partial charge in [-0.15, -0.1) is 0 Å². The summed E-state index contributed by atoms with van der Waals surface area (Å²) in [5, 5.41) is 0. The second-order valence-electron chi connectivity index (χ2n) is 7.00. The standard InChI is InChI=1S/C20H22BrN5O/c1-3-17-24-19-11(2)8-14(10-18(27)25-22)23-20(19)26(17)16-7-4-12-9-13(21)5-6-15(12)16/h5-6,8-9,16H,3-4,7,10,22H2,1-2H3,(H,25,27)/t16-/m0/s1. The van der Waals surface area contributed by atoms with Crippen molar-refractivity contribution < 1.29 is 4.79 Å². The summed E-state index contributed by atoms with van der Waals surface area (Å²) in [5.41, 5.74) is 8.38. The van der Waals surface area contributed by atoms with Gasteiger partial charge in [0.2, 0.25) is 5.91 Å². The minimum Gasteiger partial charge on any atom is -0.305 e. The maximum Gasteiger partial charge on any atom is 0.239 e. The van der Waals surface area contributed by atoms with Crippen LogP contribution in [-0.4, -0.2) is 20.4 Å². The number of amides is 1. The average molecular weight is 428 g/mol. The van der Waals surface area contributed by atoms with E-state index in [1.54, 1.807) is 0 Å². The number of nitrogens with zero attached hydrogens (tertiary/aromatic N) is 3. The van der Waals surface area contributed by atoms with Gasteiger partial charge < -0.3 is 4.57 Å². The monoisotopic (exact) mass is 427 g/mol. The number of nitrogens with one attached hydrogen (secondary N) is 1. The first-order valence-electron chi connectivity index (χ1n) is 9.17. The van der Waals surface area contributed by atoms with Crippen LogP contribution in [0.3, 0.4) is 0 Å². The van der Waals surface area contributed by atoms with Gasteiger partial charge in [-0.1, -0.05) is 28.9 Å². The third-order valence-electron chi connectivity index (χ3n) is 5.25. The zero-order chi connectivity index (χ0) is 19.1. The Morgan fingerprint density at radius 3 is 2.93 bits per heavy atom. The molecule has 4 rings (SSSR count). The van der Waals surface area contributed by atoms with Crippen LogP contribution >= 0.6 is 15.9 Å². The highest BCUT2D eigenvalue weighted by Gasteiger charge is 2.28. The van der Waals surface area contributed by atoms with E-state index in [0.29, 0.717) is 5.69 Å². The molecular weight excluding hydrogens is 406 g/mol. The van der Waals surface area contributed by atoms with E-state index >= 15 is 0 Å². The van der Waals surface area contributed by atoms with Gasteiger partial charge in [0.15, 0.2) is 5.65 Å². The number of hydrogen-bond donors (Lipinski definition) is 2. The number of nitrogens with two attached hydrogens (primary N) is 1. The summed E-state index contributed by atoms with van der Waals surface area (Å²) >= 11 is 3.57. The third kappa shape index (κ3) is 3.15. The van der Waals surface area contributed by atoms with Crippen LogP contribution in [-0.2, 0) is 24.1 Å². The summed E-state index contributed by atoms with van der Waals surface area (Å²) in [6, 6.07) is 8.64. The van der Waals surface area contributed by atoms with Crippen LogP contribution < -0.4 is 11.3 Å². The molecule has 1 atom stereocenters. The summed E-state index contributed by atoms with van der Waals surface area (Å²) in [7, 11) is 0. The summed E-state index contributed by atoms with van der Waals surface area (Å²) in [6.45, 7) is 4.14. The first-order valence-corrected chi connectivity index (χ1v) is 9.96. The van der Waals surface area contributed by atoms with Crippen molar-refractivity contribution in [1.29, 1.82) is 0 Å². The van der Waals surface area contributed by atoms with Crippen molar-refractivity contribution in [2.24, 2.45) is 5.84 Å². The van der Waals surface area contributed by atoms with Crippen molar-refractivity contribution >= 4 is 33.0 Å². The van der Waals surface area contributed by atoms with E-state index < -0.39 is 0 Å². The summed E-state index contributed by atoms with van der Waals surface area (Å²) in [5.74, 6) is 6.02. The Hall–Kier alpha value is -2.25. The first kappa shape index (κ1) is 18.1. The number of hydrazine groups is 1. The zero-order valence-electron chi connectivity index (χ0n) is 15.4. The van der Waals surface area contributed by atoms with Crippen LogP contribution in [0.25, 0.3) is 11.2 Å². The quantitative estimate of drug-likeness (QED) is 0.380. The molecule has 2 aromatic heterocycles. The van der Waals surface area contributed by atoms with Crippen LogP contribution in [0.4, 0.5) is 0 Å². The van der Waals surface area contributed by atoms with E-state index in [1.807, 2.05) is 13.0 Å². The molecule has 1 aliphatic rings. The number of pyridine rings is 1. The lowest BCUT2D eigenvalue weighted by Gasteiger charge is -2.17. The number of halogens is 1. The van der Waals surface area contributed by atoms with Crippen molar-refractivity contribution in [2.75, 3.05) is 0 Å². The van der Waals surface area contributed by atoms with Crippen molar-refractivity contribution in [3.05, 3.63) is 56.9 Å². The number of benzene rings is 1. The maximum absolute atomic E-state index is 11.7. The van der Waals surface area contributed by atoms with Crippen molar-refractivity contribution in [3.63, 3.8) is 0 Å². The largest absolute Gasteiger partial charge is 0.305 e. The molecular formula is C20H22BrN5O. The van der Waals surface area contributed by atoms with E-state index in [9.17, 15) is 4.79 Å². The number of fused-ring (bicyclic) bond motifs is 2. The number of hydrogen-bond acceptors (Lipinski definition) is 4. The Morgan fingerprint density at radius 1 is 1.37 bits per heavy atom. The van der Waals surface area contributed by atoms with Crippen LogP contribution in [0.15, 0.2) is 28.7 Å². The van der Waals surface area contributed by atoms with E-state index in [1.165, 1.54) is 11.1 Å². The Labute approximate surface area is 166 Å². The summed E-state index contributed by atoms with van der Waals surface area (Å²) in [4.78, 5) is 21.4. The topological polar surface area (TPSA) is 85.8 Å². The molecule has 0 aliphatic heterocycles. The Balaban J connectivity index is 1.88. The second-order valence-corrected chi connectivity index (χ2v) is 7.91. The van der Waals surface area contributed by atoms with Crippen molar-refractivity contribution in [2.45, 2.75) is 45.6 Å². The Kier molecular flexibility index (Phi) is 4.74. The number of aryl methyl sites for hydroxylation is 3. The molecule has 140 valence electrons. The second kappa shape index (κ2) is 7.05. The minimum atomic E-state index is -0.251. The fraction of sp³-hybridized carbons (Fsp3) is 0.350. The molecule has 0 unspecified atom stereocenters. The molecule has 2 heterocycles. The van der Waals surface area contributed by atoms with Crippen LogP contribution in [0.2, 0.25) is 0 Å². The normalized spacial score (nSPS) is 15.9. The van der Waals surface area contributed by atoms with E-state index in [4.69, 9.17) is 15.8 Å². The van der Waals surface area contributed by atoms with Gasteiger partial charge in [-0.3, -0.25) is 10.2 Å². The fourth-order valence-electron chi connectivity index (χ4n) is 4.04. The number of imidazole rings is 1. The van der Waals surface area contributed by atoms with Gasteiger partial charge in [0.25, 0.3) is 0 Å². The van der Waals surface area contributed by atoms with E-state index in [-0.39, 0.29) is 18.4 Å². The average Bonchev–Trinajstić information content (AvgIpc) is 3.21. The summed E-state index contributed by atoms with van der Waals surface area (Å²) < 4.78 is 3.38. The van der Waals surface area contributed by atoms with E-state index in [2.05, 4.69) is 51.0 Å². The molecule has 6 nitrogen and oxygen atoms in total. The highest BCUT2D eigenvalue weighted by atomic mass is 79.9. The molecule has 1 aromatic carbocycles. The van der Waals surface area contributed by atoms with Gasteiger partial charge in [-0.25, -0.2) is 15.8 Å². The van der Waals surface area contributed by atoms with Crippen LogP contribution in [0.1, 0.15) is 47.6 Å². The molecule has 3 aromatic rings. The molecule has 3 N–H and O–H groups in total. The molecule has 0 saturated heterocycles. The molecule has 0 spiro atoms. The smallest absolute Gasteiger partial charge is 0.239 e. The van der Waals surface area contributed by atoms with Crippen LogP contribution in [0.5, 0.6) is 0 Å². The van der Waals surface area contributed by atoms with Gasteiger partial charge in [0.05, 0.1) is 18.2 Å². The SMILES string of the molecule is CCc1nc2c(C)cc(CC(=O)NN)nc2n1[C@H]1CCc2cc(Br)ccc21. The van der Waals surface area contributed by atoms with Gasteiger partial charge in [-0.2, -0.15) is 0 Å². The lowest BCUT2D eigenvalue weighted by molar-refractivity contribution is -0.120. The predicted molar refractivity (Wildman–Crippen MR) is 108 cm³/mol. The molecule has 7 heteroatoms. The maximum atomic E-state index is 11.7. The third-order valence-corrected chi connectivity index (χ3v) is 5.74. The number of carbonyl (C=O) groups is 1. The van der Waals surface area contributed by atoms with Gasteiger partial charge >= 0.3 is 0 Å². The molecule has 0 saturated carbocycles. The van der Waals surface area contributed by atoms with Gasteiger partial charge in [0.1, 0.15) is 11.3 Å². The molecule has 27 heavy (non-hydrogen) atoms. The molecule has 1 amide bonds. The van der Waals surface area contributed by atoms with Crippen LogP contribution in [0, 0.1) is 6.92 Å². The fourth-order valence-corrected chi connectivity index (χ4v) is 4.45. The Morgan fingerprint density at radius 2 is 2.19 bits per heavy atom. The Bertz CT molecular complexity index is 1040. The minimum absolute atomic E-state index is 0.161. The number of aromatic nitrogens is 3. The first-order chi connectivity index (χ1) is 13.0. The number of rotatable bonds is 4. The van der Waals surface area contributed by atoms with E-state index in [0.717, 1.165) is 46.3 Å². The molecule has 1 aliphatic carbocycles. The van der Waals surface area contributed by atoms with Crippen molar-refractivity contribution in [1.82, 2.24) is 20.0 Å². The zero-order valence-corrected chi connectivity index (χ0v) is 17.0. The highest BCUT2D eigenvalue weighted by Crippen LogP contribution is 2.38. The van der Waals surface area contributed by atoms with Crippen molar-refractivity contribution in [3.8, 4) is 0 Å². The molecule has 0 radical (unpaired) electrons. The predicted octanol–water partition coefficient (Wildman–Crippen LogP) is 3.13. The van der Waals surface area contributed by atoms with Gasteiger partial charge in [0, 0.05) is 10.9 Å². The highest BCUT2D eigenvalue weighted by molar-refractivity contribution is 9.10.